The normalized spacial score (nSPS) is 17.9. The molecule has 1 aliphatic rings. The van der Waals surface area contributed by atoms with E-state index < -0.39 is 0 Å². The Morgan fingerprint density at radius 1 is 1.26 bits per heavy atom. The molecule has 104 valence electrons. The smallest absolute Gasteiger partial charge is 0.157 e. The first-order chi connectivity index (χ1) is 8.95. The lowest BCUT2D eigenvalue weighted by molar-refractivity contribution is -0.128. The second-order valence-corrected chi connectivity index (χ2v) is 6.31. The van der Waals surface area contributed by atoms with Crippen molar-refractivity contribution in [3.05, 3.63) is 33.8 Å². The summed E-state index contributed by atoms with van der Waals surface area (Å²) in [6, 6.07) is 5.29. The van der Waals surface area contributed by atoms with Crippen LogP contribution in [0.2, 0.25) is 10.0 Å². The fourth-order valence-electron chi connectivity index (χ4n) is 2.95. The summed E-state index contributed by atoms with van der Waals surface area (Å²) in [4.78, 5) is 14.8. The number of rotatable bonds is 4. The maximum atomic E-state index is 12.7. The zero-order valence-electron chi connectivity index (χ0n) is 11.4. The Morgan fingerprint density at radius 2 is 1.89 bits per heavy atom. The molecule has 0 bridgehead atoms. The van der Waals surface area contributed by atoms with Crippen molar-refractivity contribution in [2.45, 2.75) is 37.6 Å². The summed E-state index contributed by atoms with van der Waals surface area (Å²) in [5, 5.41) is 1.24. The van der Waals surface area contributed by atoms with Gasteiger partial charge in [0.25, 0.3) is 0 Å². The SMILES string of the molecule is CN(C)C1(C(=O)Cc2cc(Cl)ccc2Cl)CCCC1. The van der Waals surface area contributed by atoms with E-state index in [2.05, 4.69) is 4.90 Å². The van der Waals surface area contributed by atoms with Gasteiger partial charge < -0.3 is 0 Å². The quantitative estimate of drug-likeness (QED) is 0.838. The number of nitrogens with zero attached hydrogens (tertiary/aromatic N) is 1. The lowest BCUT2D eigenvalue weighted by atomic mass is 9.87. The number of likely N-dealkylation sites (N-methyl/N-ethyl adjacent to an activating group) is 1. The topological polar surface area (TPSA) is 20.3 Å². The van der Waals surface area contributed by atoms with Crippen LogP contribution in [0.25, 0.3) is 0 Å². The number of Topliss-reactive ketones (excluding diaryl/α,β-unsaturated/α-hetero) is 1. The van der Waals surface area contributed by atoms with E-state index in [0.29, 0.717) is 16.5 Å². The largest absolute Gasteiger partial charge is 0.297 e. The van der Waals surface area contributed by atoms with Gasteiger partial charge in [0.1, 0.15) is 0 Å². The Morgan fingerprint density at radius 3 is 2.47 bits per heavy atom. The Bertz CT molecular complexity index is 479. The van der Waals surface area contributed by atoms with Crippen LogP contribution in [-0.4, -0.2) is 30.3 Å². The average molecular weight is 300 g/mol. The lowest BCUT2D eigenvalue weighted by Gasteiger charge is -2.35. The number of ketones is 1. The number of halogens is 2. The van der Waals surface area contributed by atoms with Crippen molar-refractivity contribution in [3.63, 3.8) is 0 Å². The van der Waals surface area contributed by atoms with E-state index in [0.717, 1.165) is 31.2 Å². The molecule has 19 heavy (non-hydrogen) atoms. The maximum Gasteiger partial charge on any atom is 0.157 e. The Hall–Kier alpha value is -0.570. The third-order valence-corrected chi connectivity index (χ3v) is 4.77. The van der Waals surface area contributed by atoms with E-state index in [1.54, 1.807) is 18.2 Å². The summed E-state index contributed by atoms with van der Waals surface area (Å²) in [5.74, 6) is 0.249. The van der Waals surface area contributed by atoms with Crippen molar-refractivity contribution < 1.29 is 4.79 Å². The molecule has 0 heterocycles. The van der Waals surface area contributed by atoms with E-state index in [9.17, 15) is 4.79 Å². The number of benzene rings is 1. The van der Waals surface area contributed by atoms with Crippen molar-refractivity contribution in [3.8, 4) is 0 Å². The maximum absolute atomic E-state index is 12.7. The second-order valence-electron chi connectivity index (χ2n) is 5.47. The first-order valence-electron chi connectivity index (χ1n) is 6.60. The zero-order chi connectivity index (χ0) is 14.0. The molecule has 4 heteroatoms. The van der Waals surface area contributed by atoms with Gasteiger partial charge in [-0.25, -0.2) is 0 Å². The minimum absolute atomic E-state index is 0.249. The van der Waals surface area contributed by atoms with Crippen molar-refractivity contribution in [1.29, 1.82) is 0 Å². The van der Waals surface area contributed by atoms with Gasteiger partial charge >= 0.3 is 0 Å². The summed E-state index contributed by atoms with van der Waals surface area (Å²) in [6.07, 6.45) is 4.48. The predicted molar refractivity (Wildman–Crippen MR) is 80.1 cm³/mol. The molecule has 0 radical (unpaired) electrons. The lowest BCUT2D eigenvalue weighted by Crippen LogP contribution is -2.49. The summed E-state index contributed by atoms with van der Waals surface area (Å²) in [6.45, 7) is 0. The molecule has 2 rings (SSSR count). The monoisotopic (exact) mass is 299 g/mol. The predicted octanol–water partition coefficient (Wildman–Crippen LogP) is 3.98. The molecule has 1 aromatic carbocycles. The molecule has 0 N–H and O–H groups in total. The van der Waals surface area contributed by atoms with Crippen molar-refractivity contribution in [2.75, 3.05) is 14.1 Å². The van der Waals surface area contributed by atoms with Gasteiger partial charge in [-0.3, -0.25) is 9.69 Å². The first-order valence-corrected chi connectivity index (χ1v) is 7.36. The van der Waals surface area contributed by atoms with Gasteiger partial charge in [-0.1, -0.05) is 36.0 Å². The molecular weight excluding hydrogens is 281 g/mol. The van der Waals surface area contributed by atoms with Crippen LogP contribution in [-0.2, 0) is 11.2 Å². The molecule has 0 amide bonds. The van der Waals surface area contributed by atoms with Gasteiger partial charge in [0.15, 0.2) is 5.78 Å². The van der Waals surface area contributed by atoms with Crippen LogP contribution >= 0.6 is 23.2 Å². The summed E-state index contributed by atoms with van der Waals surface area (Å²) in [7, 11) is 3.98. The summed E-state index contributed by atoms with van der Waals surface area (Å²) >= 11 is 12.1. The van der Waals surface area contributed by atoms with Crippen LogP contribution < -0.4 is 0 Å². The molecule has 1 saturated carbocycles. The minimum atomic E-state index is -0.314. The molecule has 1 aliphatic carbocycles. The molecule has 0 saturated heterocycles. The van der Waals surface area contributed by atoms with Gasteiger partial charge in [-0.2, -0.15) is 0 Å². The van der Waals surface area contributed by atoms with Crippen molar-refractivity contribution in [2.24, 2.45) is 0 Å². The Kier molecular flexibility index (Phi) is 4.54. The van der Waals surface area contributed by atoms with Gasteiger partial charge in [0.05, 0.1) is 5.54 Å². The van der Waals surface area contributed by atoms with Gasteiger partial charge in [0.2, 0.25) is 0 Å². The van der Waals surface area contributed by atoms with Crippen molar-refractivity contribution >= 4 is 29.0 Å². The van der Waals surface area contributed by atoms with Gasteiger partial charge in [-0.05, 0) is 50.7 Å². The van der Waals surface area contributed by atoms with Gasteiger partial charge in [-0.15, -0.1) is 0 Å². The number of hydrogen-bond donors (Lipinski definition) is 0. The minimum Gasteiger partial charge on any atom is -0.297 e. The highest BCUT2D eigenvalue weighted by Gasteiger charge is 2.42. The molecular formula is C15H19Cl2NO. The number of carbonyl (C=O) groups is 1. The standard InChI is InChI=1S/C15H19Cl2NO/c1-18(2)15(7-3-4-8-15)14(19)10-11-9-12(16)5-6-13(11)17/h5-6,9H,3-4,7-8,10H2,1-2H3. The van der Waals surface area contributed by atoms with E-state index >= 15 is 0 Å². The molecule has 0 atom stereocenters. The molecule has 0 unspecified atom stereocenters. The summed E-state index contributed by atoms with van der Waals surface area (Å²) in [5.41, 5.74) is 0.512. The molecule has 0 aliphatic heterocycles. The molecule has 2 nitrogen and oxygen atoms in total. The highest BCUT2D eigenvalue weighted by molar-refractivity contribution is 6.33. The van der Waals surface area contributed by atoms with E-state index in [4.69, 9.17) is 23.2 Å². The van der Waals surface area contributed by atoms with E-state index in [1.807, 2.05) is 14.1 Å². The molecule has 0 aromatic heterocycles. The average Bonchev–Trinajstić information content (AvgIpc) is 2.84. The van der Waals surface area contributed by atoms with Gasteiger partial charge in [0, 0.05) is 16.5 Å². The zero-order valence-corrected chi connectivity index (χ0v) is 12.9. The fourth-order valence-corrected chi connectivity index (χ4v) is 3.33. The van der Waals surface area contributed by atoms with E-state index in [1.165, 1.54) is 0 Å². The highest BCUT2D eigenvalue weighted by atomic mass is 35.5. The van der Waals surface area contributed by atoms with Crippen LogP contribution in [0.15, 0.2) is 18.2 Å². The number of carbonyl (C=O) groups excluding carboxylic acids is 1. The van der Waals surface area contributed by atoms with Crippen LogP contribution in [0.4, 0.5) is 0 Å². The first kappa shape index (κ1) is 14.8. The fraction of sp³-hybridized carbons (Fsp3) is 0.533. The third-order valence-electron chi connectivity index (χ3n) is 4.16. The second kappa shape index (κ2) is 5.82. The number of hydrogen-bond acceptors (Lipinski definition) is 2. The van der Waals surface area contributed by atoms with Crippen molar-refractivity contribution in [1.82, 2.24) is 4.90 Å². The molecule has 0 spiro atoms. The Balaban J connectivity index is 2.22. The van der Waals surface area contributed by atoms with Crippen LogP contribution in [0.1, 0.15) is 31.2 Å². The summed E-state index contributed by atoms with van der Waals surface area (Å²) < 4.78 is 0. The van der Waals surface area contributed by atoms with Crippen LogP contribution in [0.3, 0.4) is 0 Å². The van der Waals surface area contributed by atoms with Crippen LogP contribution in [0.5, 0.6) is 0 Å². The molecule has 1 fully saturated rings. The Labute approximate surface area is 124 Å². The molecule has 1 aromatic rings. The van der Waals surface area contributed by atoms with Crippen LogP contribution in [0, 0.1) is 0 Å². The van der Waals surface area contributed by atoms with E-state index in [-0.39, 0.29) is 11.3 Å². The highest BCUT2D eigenvalue weighted by Crippen LogP contribution is 2.36. The third kappa shape index (κ3) is 2.96.